The number of anilines is 1. The van der Waals surface area contributed by atoms with Crippen molar-refractivity contribution in [2.24, 2.45) is 5.92 Å². The largest absolute Gasteiger partial charge is 0.463 e. The van der Waals surface area contributed by atoms with Gasteiger partial charge in [-0.2, -0.15) is 9.97 Å². The highest BCUT2D eigenvalue weighted by molar-refractivity contribution is 6.36. The zero-order valence-electron chi connectivity index (χ0n) is 17.0. The average Bonchev–Trinajstić information content (AvgIpc) is 3.43. The van der Waals surface area contributed by atoms with E-state index in [2.05, 4.69) is 4.90 Å². The molecule has 1 aliphatic heterocycles. The van der Waals surface area contributed by atoms with Crippen LogP contribution in [-0.2, 0) is 0 Å². The van der Waals surface area contributed by atoms with Gasteiger partial charge in [0, 0.05) is 28.7 Å². The van der Waals surface area contributed by atoms with Crippen LogP contribution in [-0.4, -0.2) is 29.7 Å². The molecule has 2 heterocycles. The minimum Gasteiger partial charge on any atom is -0.463 e. The van der Waals surface area contributed by atoms with E-state index >= 15 is 0 Å². The molecule has 5 rings (SSSR count). The molecular formula is C24H22Cl3N3O. The molecule has 0 N–H and O–H groups in total. The lowest BCUT2D eigenvalue weighted by molar-refractivity contribution is 0.277. The van der Waals surface area contributed by atoms with Crippen molar-refractivity contribution >= 4 is 40.6 Å². The fourth-order valence-corrected chi connectivity index (χ4v) is 4.51. The van der Waals surface area contributed by atoms with Crippen molar-refractivity contribution < 1.29 is 4.74 Å². The second-order valence-corrected chi connectivity index (χ2v) is 9.41. The van der Waals surface area contributed by atoms with Crippen LogP contribution < -0.4 is 9.64 Å². The monoisotopic (exact) mass is 473 g/mol. The molecule has 0 spiro atoms. The Morgan fingerprint density at radius 3 is 2.29 bits per heavy atom. The van der Waals surface area contributed by atoms with Gasteiger partial charge in [-0.1, -0.05) is 46.9 Å². The number of ether oxygens (including phenoxy) is 1. The second kappa shape index (κ2) is 8.85. The molecule has 0 amide bonds. The minimum atomic E-state index is 0.396. The summed E-state index contributed by atoms with van der Waals surface area (Å²) in [5.74, 6) is 1.49. The number of rotatable bonds is 6. The Kier molecular flexibility index (Phi) is 5.96. The Morgan fingerprint density at radius 2 is 1.61 bits per heavy atom. The van der Waals surface area contributed by atoms with E-state index in [0.717, 1.165) is 54.1 Å². The minimum absolute atomic E-state index is 0.396. The molecule has 2 aliphatic rings. The lowest BCUT2D eigenvalue weighted by Gasteiger charge is -2.23. The van der Waals surface area contributed by atoms with Crippen molar-refractivity contribution in [2.75, 3.05) is 24.6 Å². The van der Waals surface area contributed by atoms with Gasteiger partial charge in [0.1, 0.15) is 5.82 Å². The van der Waals surface area contributed by atoms with Crippen LogP contribution in [0.2, 0.25) is 15.1 Å². The maximum absolute atomic E-state index is 6.63. The van der Waals surface area contributed by atoms with E-state index < -0.39 is 0 Å². The Bertz CT molecular complexity index is 1090. The number of benzene rings is 2. The molecule has 0 bridgehead atoms. The molecular weight excluding hydrogens is 453 g/mol. The first-order valence-electron chi connectivity index (χ1n) is 10.6. The van der Waals surface area contributed by atoms with E-state index in [-0.39, 0.29) is 0 Å². The highest BCUT2D eigenvalue weighted by Gasteiger charge is 2.27. The van der Waals surface area contributed by atoms with Crippen molar-refractivity contribution in [2.45, 2.75) is 25.7 Å². The molecule has 1 saturated carbocycles. The van der Waals surface area contributed by atoms with E-state index in [1.807, 2.05) is 36.4 Å². The summed E-state index contributed by atoms with van der Waals surface area (Å²) >= 11 is 19.0. The van der Waals surface area contributed by atoms with Crippen LogP contribution in [0, 0.1) is 5.92 Å². The van der Waals surface area contributed by atoms with E-state index in [0.29, 0.717) is 33.6 Å². The van der Waals surface area contributed by atoms with Crippen LogP contribution in [0.4, 0.5) is 5.82 Å². The maximum atomic E-state index is 6.63. The van der Waals surface area contributed by atoms with Crippen molar-refractivity contribution in [1.82, 2.24) is 9.97 Å². The van der Waals surface area contributed by atoms with Crippen LogP contribution in [0.5, 0.6) is 6.01 Å². The first-order chi connectivity index (χ1) is 15.1. The van der Waals surface area contributed by atoms with Gasteiger partial charge in [0.25, 0.3) is 0 Å². The quantitative estimate of drug-likeness (QED) is 0.380. The normalized spacial score (nSPS) is 16.0. The van der Waals surface area contributed by atoms with E-state index in [1.165, 1.54) is 12.8 Å². The molecule has 2 aromatic carbocycles. The summed E-state index contributed by atoms with van der Waals surface area (Å²) in [6.45, 7) is 2.55. The van der Waals surface area contributed by atoms with Gasteiger partial charge in [0.2, 0.25) is 0 Å². The summed E-state index contributed by atoms with van der Waals surface area (Å²) in [7, 11) is 0. The Balaban J connectivity index is 1.72. The van der Waals surface area contributed by atoms with Crippen molar-refractivity contribution in [1.29, 1.82) is 0 Å². The molecule has 0 atom stereocenters. The second-order valence-electron chi connectivity index (χ2n) is 8.13. The summed E-state index contributed by atoms with van der Waals surface area (Å²) in [6, 6.07) is 13.6. The SMILES string of the molecule is Clc1ccc(-c2c(-c3ccc(Cl)cc3Cl)nc(OCC3CC3)nc2N2CCCC2)cc1. The first kappa shape index (κ1) is 20.9. The number of nitrogens with zero attached hydrogens (tertiary/aromatic N) is 3. The van der Waals surface area contributed by atoms with Crippen LogP contribution in [0.25, 0.3) is 22.4 Å². The lowest BCUT2D eigenvalue weighted by atomic mass is 9.99. The number of hydrogen-bond donors (Lipinski definition) is 0. The van der Waals surface area contributed by atoms with Gasteiger partial charge >= 0.3 is 6.01 Å². The third-order valence-corrected chi connectivity index (χ3v) is 6.54. The predicted octanol–water partition coefficient (Wildman–Crippen LogP) is 7.16. The number of aromatic nitrogens is 2. The summed E-state index contributed by atoms with van der Waals surface area (Å²) in [5.41, 5.74) is 3.46. The van der Waals surface area contributed by atoms with Gasteiger partial charge in [0.05, 0.1) is 22.9 Å². The van der Waals surface area contributed by atoms with Crippen molar-refractivity contribution in [3.63, 3.8) is 0 Å². The van der Waals surface area contributed by atoms with Gasteiger partial charge in [-0.05, 0) is 67.5 Å². The van der Waals surface area contributed by atoms with E-state index in [1.54, 1.807) is 6.07 Å². The molecule has 0 radical (unpaired) electrons. The molecule has 160 valence electrons. The van der Waals surface area contributed by atoms with E-state index in [4.69, 9.17) is 49.5 Å². The third kappa shape index (κ3) is 4.62. The molecule has 2 fully saturated rings. The highest BCUT2D eigenvalue weighted by atomic mass is 35.5. The Hall–Kier alpha value is -2.01. The van der Waals surface area contributed by atoms with Gasteiger partial charge in [0.15, 0.2) is 0 Å². The molecule has 3 aromatic rings. The van der Waals surface area contributed by atoms with Crippen molar-refractivity contribution in [3.05, 3.63) is 57.5 Å². The van der Waals surface area contributed by atoms with E-state index in [9.17, 15) is 0 Å². The van der Waals surface area contributed by atoms with Crippen LogP contribution in [0.15, 0.2) is 42.5 Å². The van der Waals surface area contributed by atoms with Crippen LogP contribution in [0.1, 0.15) is 25.7 Å². The van der Waals surface area contributed by atoms with Crippen molar-refractivity contribution in [3.8, 4) is 28.4 Å². The van der Waals surface area contributed by atoms with Gasteiger partial charge in [-0.25, -0.2) is 0 Å². The third-order valence-electron chi connectivity index (χ3n) is 5.74. The van der Waals surface area contributed by atoms with Gasteiger partial charge in [-0.15, -0.1) is 0 Å². The van der Waals surface area contributed by atoms with Crippen LogP contribution in [0.3, 0.4) is 0 Å². The smallest absolute Gasteiger partial charge is 0.318 e. The highest BCUT2D eigenvalue weighted by Crippen LogP contribution is 2.43. The zero-order chi connectivity index (χ0) is 21.4. The molecule has 1 aliphatic carbocycles. The number of halogens is 3. The van der Waals surface area contributed by atoms with Gasteiger partial charge < -0.3 is 9.64 Å². The summed E-state index contributed by atoms with van der Waals surface area (Å²) in [4.78, 5) is 12.0. The van der Waals surface area contributed by atoms with Crippen LogP contribution >= 0.6 is 34.8 Å². The lowest BCUT2D eigenvalue weighted by Crippen LogP contribution is -2.21. The molecule has 1 aromatic heterocycles. The summed E-state index contributed by atoms with van der Waals surface area (Å²) in [6.07, 6.45) is 4.69. The fraction of sp³-hybridized carbons (Fsp3) is 0.333. The average molecular weight is 475 g/mol. The fourth-order valence-electron chi connectivity index (χ4n) is 3.89. The predicted molar refractivity (Wildman–Crippen MR) is 128 cm³/mol. The zero-order valence-corrected chi connectivity index (χ0v) is 19.2. The molecule has 4 nitrogen and oxygen atoms in total. The molecule has 0 unspecified atom stereocenters. The van der Waals surface area contributed by atoms with Gasteiger partial charge in [-0.3, -0.25) is 0 Å². The topological polar surface area (TPSA) is 38.3 Å². The summed E-state index contributed by atoms with van der Waals surface area (Å²) < 4.78 is 6.03. The Morgan fingerprint density at radius 1 is 0.903 bits per heavy atom. The standard InChI is InChI=1S/C24H22Cl3N3O/c25-17-7-5-16(6-8-17)21-22(19-10-9-18(26)13-20(19)27)28-24(31-14-15-3-4-15)29-23(21)30-11-1-2-12-30/h5-10,13,15H,1-4,11-12,14H2. The summed E-state index contributed by atoms with van der Waals surface area (Å²) in [5, 5.41) is 1.81. The Labute approximate surface area is 197 Å². The maximum Gasteiger partial charge on any atom is 0.318 e. The first-order valence-corrected chi connectivity index (χ1v) is 11.7. The molecule has 31 heavy (non-hydrogen) atoms. The number of hydrogen-bond acceptors (Lipinski definition) is 4. The molecule has 1 saturated heterocycles. The molecule has 7 heteroatoms.